The van der Waals surface area contributed by atoms with Crippen molar-refractivity contribution in [3.63, 3.8) is 0 Å². The Hall–Kier alpha value is -2.23. The smallest absolute Gasteiger partial charge is 0.272 e. The number of aromatic nitrogens is 1. The van der Waals surface area contributed by atoms with Crippen molar-refractivity contribution < 1.29 is 4.79 Å². The Morgan fingerprint density at radius 3 is 2.47 bits per heavy atom. The molecule has 0 bridgehead atoms. The fourth-order valence-corrected chi connectivity index (χ4v) is 1.94. The van der Waals surface area contributed by atoms with Crippen LogP contribution in [0.2, 0.25) is 0 Å². The minimum Gasteiger partial charge on any atom is -0.397 e. The lowest BCUT2D eigenvalue weighted by Gasteiger charge is -2.12. The fourth-order valence-electron chi connectivity index (χ4n) is 1.94. The van der Waals surface area contributed by atoms with Crippen molar-refractivity contribution in [2.24, 2.45) is 0 Å². The van der Waals surface area contributed by atoms with E-state index in [2.05, 4.69) is 5.32 Å². The first-order chi connectivity index (χ1) is 8.97. The van der Waals surface area contributed by atoms with Crippen LogP contribution in [0.25, 0.3) is 0 Å². The molecule has 100 valence electrons. The minimum atomic E-state index is -0.144. The number of nitrogens with zero attached hydrogens (tertiary/aromatic N) is 1. The third-order valence-electron chi connectivity index (χ3n) is 2.97. The normalized spacial score (nSPS) is 10.7. The molecule has 1 heterocycles. The highest BCUT2D eigenvalue weighted by atomic mass is 16.1. The van der Waals surface area contributed by atoms with Gasteiger partial charge in [-0.05, 0) is 39.0 Å². The maximum Gasteiger partial charge on any atom is 0.272 e. The molecule has 0 atom stereocenters. The summed E-state index contributed by atoms with van der Waals surface area (Å²) < 4.78 is 1.87. The number of carbonyl (C=O) groups excluding carboxylic acids is 1. The van der Waals surface area contributed by atoms with E-state index in [0.717, 1.165) is 11.3 Å². The molecule has 2 rings (SSSR count). The number of aryl methyl sites for hydroxylation is 1. The lowest BCUT2D eigenvalue weighted by Crippen LogP contribution is -2.17. The van der Waals surface area contributed by atoms with Gasteiger partial charge in [0.2, 0.25) is 0 Å². The maximum atomic E-state index is 12.3. The van der Waals surface area contributed by atoms with Gasteiger partial charge in [-0.25, -0.2) is 0 Å². The highest BCUT2D eigenvalue weighted by molar-refractivity contribution is 6.03. The van der Waals surface area contributed by atoms with Crippen molar-refractivity contribution in [2.45, 2.75) is 26.8 Å². The summed E-state index contributed by atoms with van der Waals surface area (Å²) in [6, 6.07) is 9.59. The lowest BCUT2D eigenvalue weighted by atomic mass is 10.2. The topological polar surface area (TPSA) is 60.1 Å². The second-order valence-corrected chi connectivity index (χ2v) is 4.98. The molecule has 19 heavy (non-hydrogen) atoms. The quantitative estimate of drug-likeness (QED) is 0.887. The SMILES string of the molecule is Cc1ccc(NC(=O)c2cc(N)cn2C(C)C)cc1. The van der Waals surface area contributed by atoms with E-state index in [1.165, 1.54) is 0 Å². The summed E-state index contributed by atoms with van der Waals surface area (Å²) in [7, 11) is 0. The zero-order valence-electron chi connectivity index (χ0n) is 11.5. The first kappa shape index (κ1) is 13.2. The van der Waals surface area contributed by atoms with Crippen molar-refractivity contribution in [2.75, 3.05) is 11.1 Å². The van der Waals surface area contributed by atoms with Gasteiger partial charge in [-0.2, -0.15) is 0 Å². The van der Waals surface area contributed by atoms with E-state index >= 15 is 0 Å². The first-order valence-electron chi connectivity index (χ1n) is 6.32. The van der Waals surface area contributed by atoms with Crippen LogP contribution in [0.15, 0.2) is 36.5 Å². The molecule has 0 aliphatic carbocycles. The van der Waals surface area contributed by atoms with Crippen molar-refractivity contribution in [1.82, 2.24) is 4.57 Å². The molecular formula is C15H19N3O. The summed E-state index contributed by atoms with van der Waals surface area (Å²) in [6.45, 7) is 6.04. The summed E-state index contributed by atoms with van der Waals surface area (Å²) in [5, 5.41) is 2.88. The van der Waals surface area contributed by atoms with Crippen molar-refractivity contribution >= 4 is 17.3 Å². The number of nitrogens with one attached hydrogen (secondary N) is 1. The molecule has 4 heteroatoms. The molecule has 1 aromatic heterocycles. The predicted molar refractivity (Wildman–Crippen MR) is 78.4 cm³/mol. The summed E-state index contributed by atoms with van der Waals surface area (Å²) in [5.41, 5.74) is 8.89. The summed E-state index contributed by atoms with van der Waals surface area (Å²) in [5.74, 6) is -0.144. The molecule has 0 saturated carbocycles. The van der Waals surface area contributed by atoms with Crippen LogP contribution in [0.4, 0.5) is 11.4 Å². The molecule has 0 aliphatic heterocycles. The number of benzene rings is 1. The van der Waals surface area contributed by atoms with Crippen LogP contribution in [-0.2, 0) is 0 Å². The van der Waals surface area contributed by atoms with E-state index in [1.54, 1.807) is 12.3 Å². The Kier molecular flexibility index (Phi) is 3.60. The largest absolute Gasteiger partial charge is 0.397 e. The molecule has 3 N–H and O–H groups in total. The zero-order chi connectivity index (χ0) is 14.0. The summed E-state index contributed by atoms with van der Waals surface area (Å²) >= 11 is 0. The highest BCUT2D eigenvalue weighted by Crippen LogP contribution is 2.18. The second kappa shape index (κ2) is 5.18. The molecule has 0 fully saturated rings. The van der Waals surface area contributed by atoms with E-state index in [1.807, 2.05) is 49.6 Å². The van der Waals surface area contributed by atoms with E-state index < -0.39 is 0 Å². The van der Waals surface area contributed by atoms with Gasteiger partial charge >= 0.3 is 0 Å². The second-order valence-electron chi connectivity index (χ2n) is 4.98. The van der Waals surface area contributed by atoms with E-state index in [-0.39, 0.29) is 11.9 Å². The standard InChI is InChI=1S/C15H19N3O/c1-10(2)18-9-12(16)8-14(18)15(19)17-13-6-4-11(3)5-7-13/h4-10H,16H2,1-3H3,(H,17,19). The molecule has 0 aliphatic rings. The van der Waals surface area contributed by atoms with Crippen LogP contribution >= 0.6 is 0 Å². The number of hydrogen-bond donors (Lipinski definition) is 2. The monoisotopic (exact) mass is 257 g/mol. The van der Waals surface area contributed by atoms with Crippen molar-refractivity contribution in [1.29, 1.82) is 0 Å². The Labute approximate surface area is 113 Å². The van der Waals surface area contributed by atoms with Crippen molar-refractivity contribution in [3.05, 3.63) is 47.8 Å². The molecular weight excluding hydrogens is 238 g/mol. The number of nitrogen functional groups attached to an aromatic ring is 1. The van der Waals surface area contributed by atoms with Gasteiger partial charge in [0.25, 0.3) is 5.91 Å². The van der Waals surface area contributed by atoms with E-state index in [0.29, 0.717) is 11.4 Å². The highest BCUT2D eigenvalue weighted by Gasteiger charge is 2.14. The molecule has 1 aromatic carbocycles. The molecule has 4 nitrogen and oxygen atoms in total. The predicted octanol–water partition coefficient (Wildman–Crippen LogP) is 3.21. The van der Waals surface area contributed by atoms with E-state index in [4.69, 9.17) is 5.73 Å². The number of rotatable bonds is 3. The first-order valence-corrected chi connectivity index (χ1v) is 6.32. The molecule has 0 spiro atoms. The Bertz CT molecular complexity index is 582. The van der Waals surface area contributed by atoms with Gasteiger partial charge in [0.15, 0.2) is 0 Å². The van der Waals surface area contributed by atoms with E-state index in [9.17, 15) is 4.79 Å². The van der Waals surface area contributed by atoms with Crippen molar-refractivity contribution in [3.8, 4) is 0 Å². The minimum absolute atomic E-state index is 0.144. The number of anilines is 2. The van der Waals surface area contributed by atoms with Crippen LogP contribution < -0.4 is 11.1 Å². The Morgan fingerprint density at radius 2 is 1.89 bits per heavy atom. The number of carbonyl (C=O) groups is 1. The van der Waals surface area contributed by atoms with Gasteiger partial charge in [-0.15, -0.1) is 0 Å². The van der Waals surface area contributed by atoms with Crippen LogP contribution in [0.3, 0.4) is 0 Å². The summed E-state index contributed by atoms with van der Waals surface area (Å²) in [6.07, 6.45) is 1.79. The molecule has 1 amide bonds. The Morgan fingerprint density at radius 1 is 1.26 bits per heavy atom. The zero-order valence-corrected chi connectivity index (χ0v) is 11.5. The number of hydrogen-bond acceptors (Lipinski definition) is 2. The van der Waals surface area contributed by atoms with Gasteiger partial charge < -0.3 is 15.6 Å². The average molecular weight is 257 g/mol. The van der Waals surface area contributed by atoms with Gasteiger partial charge in [-0.1, -0.05) is 17.7 Å². The third-order valence-corrected chi connectivity index (χ3v) is 2.97. The fraction of sp³-hybridized carbons (Fsp3) is 0.267. The average Bonchev–Trinajstić information content (AvgIpc) is 2.74. The maximum absolute atomic E-state index is 12.3. The van der Waals surface area contributed by atoms with Crippen LogP contribution in [0.5, 0.6) is 0 Å². The van der Waals surface area contributed by atoms with Gasteiger partial charge in [-0.3, -0.25) is 4.79 Å². The third kappa shape index (κ3) is 2.96. The lowest BCUT2D eigenvalue weighted by molar-refractivity contribution is 0.101. The van der Waals surface area contributed by atoms with Gasteiger partial charge in [0, 0.05) is 17.9 Å². The van der Waals surface area contributed by atoms with Crippen LogP contribution in [0.1, 0.15) is 35.9 Å². The Balaban J connectivity index is 2.22. The van der Waals surface area contributed by atoms with Crippen LogP contribution in [-0.4, -0.2) is 10.5 Å². The number of amides is 1. The molecule has 2 aromatic rings. The molecule has 0 radical (unpaired) electrons. The number of nitrogens with two attached hydrogens (primary N) is 1. The molecule has 0 unspecified atom stereocenters. The van der Waals surface area contributed by atoms with Gasteiger partial charge in [0.1, 0.15) is 5.69 Å². The van der Waals surface area contributed by atoms with Gasteiger partial charge in [0.05, 0.1) is 5.69 Å². The summed E-state index contributed by atoms with van der Waals surface area (Å²) in [4.78, 5) is 12.3. The van der Waals surface area contributed by atoms with Crippen LogP contribution in [0, 0.1) is 6.92 Å². The molecule has 0 saturated heterocycles.